The largest absolute Gasteiger partial charge is 0.363 e. The van der Waals surface area contributed by atoms with Gasteiger partial charge in [-0.05, 0) is 20.0 Å². The van der Waals surface area contributed by atoms with Crippen LogP contribution in [0.5, 0.6) is 0 Å². The lowest BCUT2D eigenvalue weighted by Crippen LogP contribution is -2.44. The van der Waals surface area contributed by atoms with E-state index in [-0.39, 0.29) is 6.04 Å². The minimum Gasteiger partial charge on any atom is -0.363 e. The fourth-order valence-corrected chi connectivity index (χ4v) is 4.94. The lowest BCUT2D eigenvalue weighted by Gasteiger charge is -2.31. The summed E-state index contributed by atoms with van der Waals surface area (Å²) < 4.78 is 26.6. The summed E-state index contributed by atoms with van der Waals surface area (Å²) in [6.45, 7) is 3.20. The van der Waals surface area contributed by atoms with Gasteiger partial charge < -0.3 is 10.3 Å². The molecule has 1 atom stereocenters. The van der Waals surface area contributed by atoms with Crippen molar-refractivity contribution in [3.63, 3.8) is 0 Å². The molecule has 0 saturated carbocycles. The maximum Gasteiger partial charge on any atom is 0.244 e. The van der Waals surface area contributed by atoms with Crippen molar-refractivity contribution in [3.05, 3.63) is 18.0 Å². The van der Waals surface area contributed by atoms with Gasteiger partial charge in [-0.2, -0.15) is 16.1 Å². The summed E-state index contributed by atoms with van der Waals surface area (Å²) in [5.74, 6) is 1.74. The first-order chi connectivity index (χ1) is 8.55. The summed E-state index contributed by atoms with van der Waals surface area (Å²) in [7, 11) is -1.52. The number of hydrogen-bond acceptors (Lipinski definition) is 4. The fraction of sp³-hybridized carbons (Fsp3) is 0.636. The molecule has 2 N–H and O–H groups in total. The van der Waals surface area contributed by atoms with E-state index >= 15 is 0 Å². The minimum atomic E-state index is -3.35. The topological polar surface area (TPSA) is 65.2 Å². The lowest BCUT2D eigenvalue weighted by molar-refractivity contribution is 0.367. The molecular formula is C11H19N3O2S2. The van der Waals surface area contributed by atoms with Crippen LogP contribution < -0.4 is 5.32 Å². The number of rotatable bonds is 4. The highest BCUT2D eigenvalue weighted by Gasteiger charge is 2.31. The smallest absolute Gasteiger partial charge is 0.244 e. The monoisotopic (exact) mass is 289 g/mol. The van der Waals surface area contributed by atoms with E-state index in [9.17, 15) is 8.42 Å². The molecule has 0 spiro atoms. The molecule has 102 valence electrons. The predicted molar refractivity (Wildman–Crippen MR) is 74.2 cm³/mol. The van der Waals surface area contributed by atoms with E-state index in [2.05, 4.69) is 10.3 Å². The maximum atomic E-state index is 12.5. The third kappa shape index (κ3) is 2.74. The summed E-state index contributed by atoms with van der Waals surface area (Å²) in [4.78, 5) is 3.36. The Morgan fingerprint density at radius 3 is 3.06 bits per heavy atom. The van der Waals surface area contributed by atoms with Crippen molar-refractivity contribution in [2.45, 2.75) is 24.4 Å². The zero-order valence-corrected chi connectivity index (χ0v) is 12.3. The summed E-state index contributed by atoms with van der Waals surface area (Å²) in [6.07, 6.45) is 1.58. The van der Waals surface area contributed by atoms with Crippen LogP contribution in [0.3, 0.4) is 0 Å². The first-order valence-corrected chi connectivity index (χ1v) is 8.56. The van der Waals surface area contributed by atoms with E-state index in [1.165, 1.54) is 0 Å². The molecule has 0 aliphatic carbocycles. The van der Waals surface area contributed by atoms with Crippen molar-refractivity contribution in [1.29, 1.82) is 0 Å². The third-order valence-electron chi connectivity index (χ3n) is 3.00. The van der Waals surface area contributed by atoms with Crippen molar-refractivity contribution < 1.29 is 8.42 Å². The van der Waals surface area contributed by atoms with Gasteiger partial charge in [0.15, 0.2) is 0 Å². The lowest BCUT2D eigenvalue weighted by atomic mass is 10.4. The molecule has 1 aliphatic rings. The number of sulfonamides is 1. The SMILES string of the molecule is CNCc1cc(S(=O)(=O)N2CCSCC2C)c[nH]1. The maximum absolute atomic E-state index is 12.5. The minimum absolute atomic E-state index is 0.0661. The molecule has 1 unspecified atom stereocenters. The van der Waals surface area contributed by atoms with Crippen LogP contribution in [0.4, 0.5) is 0 Å². The molecule has 5 nitrogen and oxygen atoms in total. The standard InChI is InChI=1S/C11H19N3O2S2/c1-9-8-17-4-3-14(9)18(15,16)11-5-10(6-12-2)13-7-11/h5,7,9,12-13H,3-4,6,8H2,1-2H3. The van der Waals surface area contributed by atoms with Crippen LogP contribution in [0.15, 0.2) is 17.2 Å². The number of hydrogen-bond donors (Lipinski definition) is 2. The third-order valence-corrected chi connectivity index (χ3v) is 6.18. The Balaban J connectivity index is 2.23. The molecule has 7 heteroatoms. The number of nitrogens with one attached hydrogen (secondary N) is 2. The van der Waals surface area contributed by atoms with Crippen LogP contribution in [0, 0.1) is 0 Å². The van der Waals surface area contributed by atoms with Crippen molar-refractivity contribution in [3.8, 4) is 0 Å². The Bertz CT molecular complexity index is 498. The van der Waals surface area contributed by atoms with Gasteiger partial charge in [0.1, 0.15) is 0 Å². The highest BCUT2D eigenvalue weighted by atomic mass is 32.2. The van der Waals surface area contributed by atoms with Gasteiger partial charge >= 0.3 is 0 Å². The Hall–Kier alpha value is -0.500. The normalized spacial score (nSPS) is 22.2. The molecule has 18 heavy (non-hydrogen) atoms. The molecule has 1 fully saturated rings. The Labute approximate surface area is 112 Å². The van der Waals surface area contributed by atoms with Crippen molar-refractivity contribution >= 4 is 21.8 Å². The van der Waals surface area contributed by atoms with Crippen LogP contribution in [-0.4, -0.2) is 48.8 Å². The van der Waals surface area contributed by atoms with Gasteiger partial charge in [0.25, 0.3) is 0 Å². The van der Waals surface area contributed by atoms with E-state index < -0.39 is 10.0 Å². The first kappa shape index (κ1) is 13.9. The molecule has 1 saturated heterocycles. The van der Waals surface area contributed by atoms with E-state index in [1.807, 2.05) is 25.7 Å². The molecule has 1 aromatic rings. The summed E-state index contributed by atoms with van der Waals surface area (Å²) in [5.41, 5.74) is 0.884. The van der Waals surface area contributed by atoms with E-state index in [0.29, 0.717) is 18.0 Å². The molecule has 0 bridgehead atoms. The average molecular weight is 289 g/mol. The number of thioether (sulfide) groups is 1. The van der Waals surface area contributed by atoms with Gasteiger partial charge in [-0.25, -0.2) is 8.42 Å². The number of aromatic amines is 1. The summed E-state index contributed by atoms with van der Waals surface area (Å²) in [6, 6.07) is 1.77. The van der Waals surface area contributed by atoms with Gasteiger partial charge in [-0.1, -0.05) is 0 Å². The van der Waals surface area contributed by atoms with E-state index in [0.717, 1.165) is 17.2 Å². The van der Waals surface area contributed by atoms with E-state index in [1.54, 1.807) is 16.6 Å². The molecule has 0 radical (unpaired) electrons. The van der Waals surface area contributed by atoms with Crippen LogP contribution in [0.2, 0.25) is 0 Å². The van der Waals surface area contributed by atoms with Crippen LogP contribution >= 0.6 is 11.8 Å². The zero-order chi connectivity index (χ0) is 13.2. The van der Waals surface area contributed by atoms with Gasteiger partial charge in [0.05, 0.1) is 4.90 Å². The molecular weight excluding hydrogens is 270 g/mol. The average Bonchev–Trinajstić information content (AvgIpc) is 2.79. The van der Waals surface area contributed by atoms with Crippen molar-refractivity contribution in [2.75, 3.05) is 25.1 Å². The molecule has 2 rings (SSSR count). The molecule has 1 aromatic heterocycles. The van der Waals surface area contributed by atoms with E-state index in [4.69, 9.17) is 0 Å². The first-order valence-electron chi connectivity index (χ1n) is 5.97. The van der Waals surface area contributed by atoms with Crippen molar-refractivity contribution in [1.82, 2.24) is 14.6 Å². The second-order valence-electron chi connectivity index (χ2n) is 4.43. The molecule has 0 aromatic carbocycles. The summed E-state index contributed by atoms with van der Waals surface area (Å²) >= 11 is 1.81. The Kier molecular flexibility index (Phi) is 4.37. The predicted octanol–water partition coefficient (Wildman–Crippen LogP) is 0.860. The number of H-pyrrole nitrogens is 1. The second-order valence-corrected chi connectivity index (χ2v) is 7.47. The van der Waals surface area contributed by atoms with Gasteiger partial charge in [-0.3, -0.25) is 0 Å². The Morgan fingerprint density at radius 1 is 1.61 bits per heavy atom. The van der Waals surface area contributed by atoms with Crippen LogP contribution in [-0.2, 0) is 16.6 Å². The van der Waals surface area contributed by atoms with Crippen LogP contribution in [0.1, 0.15) is 12.6 Å². The Morgan fingerprint density at radius 2 is 2.39 bits per heavy atom. The number of nitrogens with zero attached hydrogens (tertiary/aromatic N) is 1. The molecule has 2 heterocycles. The zero-order valence-electron chi connectivity index (χ0n) is 10.6. The summed E-state index contributed by atoms with van der Waals surface area (Å²) in [5, 5.41) is 2.99. The molecule has 0 amide bonds. The van der Waals surface area contributed by atoms with Gasteiger partial charge in [-0.15, -0.1) is 0 Å². The van der Waals surface area contributed by atoms with Gasteiger partial charge in [0, 0.05) is 42.5 Å². The second kappa shape index (κ2) is 5.64. The quantitative estimate of drug-likeness (QED) is 0.863. The van der Waals surface area contributed by atoms with Crippen molar-refractivity contribution in [2.24, 2.45) is 0 Å². The van der Waals surface area contributed by atoms with Gasteiger partial charge in [0.2, 0.25) is 10.0 Å². The van der Waals surface area contributed by atoms with Crippen LogP contribution in [0.25, 0.3) is 0 Å². The molecule has 1 aliphatic heterocycles. The highest BCUT2D eigenvalue weighted by Crippen LogP contribution is 2.24. The fourth-order valence-electron chi connectivity index (χ4n) is 2.06. The number of aromatic nitrogens is 1. The highest BCUT2D eigenvalue weighted by molar-refractivity contribution is 7.99.